The van der Waals surface area contributed by atoms with Crippen LogP contribution in [0.3, 0.4) is 0 Å². The van der Waals surface area contributed by atoms with Gasteiger partial charge in [-0.05, 0) is 50.6 Å². The number of carbonyl (C=O) groups excluding carboxylic acids is 2. The van der Waals surface area contributed by atoms with E-state index < -0.39 is 24.4 Å². The van der Waals surface area contributed by atoms with Crippen LogP contribution in [0.1, 0.15) is 64.9 Å². The molecule has 1 fully saturated rings. The standard InChI is InChI=1S/C22H30N2O5.C3H8/c1-4-22(10-5-6-11-24(3)15-22)17-8-7-9-18(13-17)29-20(27)12-16(2)21(28)23-14-19(25)26;1-3-2/h7-9,13H,2,4-6,10-12,14-15H2,1,3H3,(H,23,28)(H,25,26);3H2,1-2H3. The van der Waals surface area contributed by atoms with Crippen LogP contribution in [0.5, 0.6) is 5.75 Å². The van der Waals surface area contributed by atoms with Crippen molar-refractivity contribution in [2.75, 3.05) is 26.7 Å². The largest absolute Gasteiger partial charge is 0.480 e. The van der Waals surface area contributed by atoms with Crippen molar-refractivity contribution in [2.45, 2.75) is 64.7 Å². The minimum Gasteiger partial charge on any atom is -0.480 e. The predicted octanol–water partition coefficient (Wildman–Crippen LogP) is 3.92. The van der Waals surface area contributed by atoms with E-state index in [4.69, 9.17) is 9.84 Å². The Balaban J connectivity index is 0.00000161. The van der Waals surface area contributed by atoms with Crippen molar-refractivity contribution in [2.24, 2.45) is 0 Å². The Kier molecular flexibility index (Phi) is 11.7. The summed E-state index contributed by atoms with van der Waals surface area (Å²) in [6.45, 7) is 11.5. The van der Waals surface area contributed by atoms with E-state index in [1.54, 1.807) is 6.07 Å². The Morgan fingerprint density at radius 2 is 1.91 bits per heavy atom. The summed E-state index contributed by atoms with van der Waals surface area (Å²) < 4.78 is 5.43. The third kappa shape index (κ3) is 8.83. The van der Waals surface area contributed by atoms with Gasteiger partial charge in [0.1, 0.15) is 12.3 Å². The summed E-state index contributed by atoms with van der Waals surface area (Å²) in [5.74, 6) is -2.02. The SMILES string of the molecule is C=C(CC(=O)Oc1cccc(C2(CC)CCCCN(C)C2)c1)C(=O)NCC(=O)O.CCC. The second kappa shape index (κ2) is 13.7. The third-order valence-corrected chi connectivity index (χ3v) is 5.45. The zero-order chi connectivity index (χ0) is 24.1. The first-order chi connectivity index (χ1) is 15.2. The lowest BCUT2D eigenvalue weighted by Gasteiger charge is -2.35. The van der Waals surface area contributed by atoms with E-state index >= 15 is 0 Å². The number of hydrogen-bond acceptors (Lipinski definition) is 5. The number of esters is 1. The molecule has 1 aromatic rings. The Morgan fingerprint density at radius 1 is 1.22 bits per heavy atom. The van der Waals surface area contributed by atoms with Crippen molar-refractivity contribution >= 4 is 17.8 Å². The maximum atomic E-state index is 12.2. The third-order valence-electron chi connectivity index (χ3n) is 5.45. The minimum atomic E-state index is -1.17. The smallest absolute Gasteiger partial charge is 0.322 e. The van der Waals surface area contributed by atoms with Crippen LogP contribution in [-0.4, -0.2) is 54.5 Å². The molecule has 1 heterocycles. The number of rotatable bonds is 8. The van der Waals surface area contributed by atoms with Crippen LogP contribution in [0, 0.1) is 0 Å². The molecule has 1 saturated heterocycles. The van der Waals surface area contributed by atoms with Crippen LogP contribution in [0.15, 0.2) is 36.4 Å². The number of ether oxygens (including phenoxy) is 1. The number of benzene rings is 1. The van der Waals surface area contributed by atoms with Gasteiger partial charge in [-0.15, -0.1) is 0 Å². The molecule has 0 aromatic heterocycles. The van der Waals surface area contributed by atoms with Crippen LogP contribution in [0.2, 0.25) is 0 Å². The van der Waals surface area contributed by atoms with Crippen molar-refractivity contribution in [3.8, 4) is 5.75 Å². The summed E-state index contributed by atoms with van der Waals surface area (Å²) in [7, 11) is 2.14. The number of hydrogen-bond donors (Lipinski definition) is 2. The number of carboxylic acid groups (broad SMARTS) is 1. The lowest BCUT2D eigenvalue weighted by molar-refractivity contribution is -0.137. The molecule has 1 aliphatic rings. The molecule has 0 radical (unpaired) electrons. The quantitative estimate of drug-likeness (QED) is 0.357. The molecule has 2 rings (SSSR count). The highest BCUT2D eigenvalue weighted by Gasteiger charge is 2.33. The number of carboxylic acids is 1. The minimum absolute atomic E-state index is 0.0218. The van der Waals surface area contributed by atoms with E-state index in [0.717, 1.165) is 37.9 Å². The first kappa shape index (κ1) is 27.4. The van der Waals surface area contributed by atoms with E-state index in [1.807, 2.05) is 12.1 Å². The monoisotopic (exact) mass is 446 g/mol. The number of aliphatic carboxylic acids is 1. The highest BCUT2D eigenvalue weighted by atomic mass is 16.5. The molecule has 2 N–H and O–H groups in total. The van der Waals surface area contributed by atoms with E-state index in [9.17, 15) is 14.4 Å². The average Bonchev–Trinajstić information content (AvgIpc) is 2.94. The molecule has 1 unspecified atom stereocenters. The Labute approximate surface area is 191 Å². The van der Waals surface area contributed by atoms with Gasteiger partial charge in [0.2, 0.25) is 5.91 Å². The fourth-order valence-corrected chi connectivity index (χ4v) is 3.84. The van der Waals surface area contributed by atoms with Crippen molar-refractivity contribution in [1.82, 2.24) is 10.2 Å². The molecule has 0 aliphatic carbocycles. The molecule has 7 heteroatoms. The molecule has 1 amide bonds. The van der Waals surface area contributed by atoms with Crippen LogP contribution < -0.4 is 10.1 Å². The molecule has 32 heavy (non-hydrogen) atoms. The topological polar surface area (TPSA) is 95.9 Å². The van der Waals surface area contributed by atoms with Crippen LogP contribution in [0.25, 0.3) is 0 Å². The van der Waals surface area contributed by atoms with Crippen LogP contribution in [0.4, 0.5) is 0 Å². The van der Waals surface area contributed by atoms with Crippen LogP contribution in [-0.2, 0) is 19.8 Å². The van der Waals surface area contributed by atoms with E-state index in [0.29, 0.717) is 5.75 Å². The van der Waals surface area contributed by atoms with Gasteiger partial charge >= 0.3 is 11.9 Å². The molecule has 0 spiro atoms. The molecule has 1 atom stereocenters. The number of carbonyl (C=O) groups is 3. The maximum absolute atomic E-state index is 12.2. The summed E-state index contributed by atoms with van der Waals surface area (Å²) in [5.41, 5.74) is 1.13. The molecular formula is C25H38N2O5. The highest BCUT2D eigenvalue weighted by Crippen LogP contribution is 2.37. The molecule has 7 nitrogen and oxygen atoms in total. The molecule has 0 bridgehead atoms. The van der Waals surface area contributed by atoms with Gasteiger partial charge in [0.15, 0.2) is 0 Å². The number of nitrogens with one attached hydrogen (secondary N) is 1. The fraction of sp³-hybridized carbons (Fsp3) is 0.560. The van der Waals surface area contributed by atoms with Gasteiger partial charge in [-0.25, -0.2) is 0 Å². The maximum Gasteiger partial charge on any atom is 0.322 e. The van der Waals surface area contributed by atoms with Gasteiger partial charge in [-0.2, -0.15) is 0 Å². The first-order valence-electron chi connectivity index (χ1n) is 11.3. The van der Waals surface area contributed by atoms with Gasteiger partial charge in [0.05, 0.1) is 6.42 Å². The summed E-state index contributed by atoms with van der Waals surface area (Å²) in [6.07, 6.45) is 5.37. The lowest BCUT2D eigenvalue weighted by Crippen LogP contribution is -2.37. The Hall–Kier alpha value is -2.67. The summed E-state index contributed by atoms with van der Waals surface area (Å²) >= 11 is 0. The molecule has 1 aliphatic heterocycles. The van der Waals surface area contributed by atoms with Gasteiger partial charge in [-0.1, -0.05) is 52.3 Å². The second-order valence-corrected chi connectivity index (χ2v) is 8.39. The zero-order valence-electron chi connectivity index (χ0n) is 19.9. The number of likely N-dealkylation sites (tertiary alicyclic amines) is 1. The highest BCUT2D eigenvalue weighted by molar-refractivity contribution is 5.98. The van der Waals surface area contributed by atoms with Crippen LogP contribution >= 0.6 is 0 Å². The van der Waals surface area contributed by atoms with Gasteiger partial charge in [0, 0.05) is 17.5 Å². The zero-order valence-corrected chi connectivity index (χ0v) is 19.9. The summed E-state index contributed by atoms with van der Waals surface area (Å²) in [5, 5.41) is 10.8. The van der Waals surface area contributed by atoms with E-state index in [2.05, 4.69) is 50.7 Å². The average molecular weight is 447 g/mol. The molecule has 178 valence electrons. The predicted molar refractivity (Wildman–Crippen MR) is 126 cm³/mol. The molecule has 0 saturated carbocycles. The van der Waals surface area contributed by atoms with Gasteiger partial charge in [-0.3, -0.25) is 14.4 Å². The summed E-state index contributed by atoms with van der Waals surface area (Å²) in [4.78, 5) is 36.8. The second-order valence-electron chi connectivity index (χ2n) is 8.39. The molecular weight excluding hydrogens is 408 g/mol. The number of nitrogens with zero attached hydrogens (tertiary/aromatic N) is 1. The number of likely N-dealkylation sites (N-methyl/N-ethyl adjacent to an activating group) is 1. The number of amides is 1. The Morgan fingerprint density at radius 3 is 2.53 bits per heavy atom. The van der Waals surface area contributed by atoms with Crippen molar-refractivity contribution in [3.63, 3.8) is 0 Å². The van der Waals surface area contributed by atoms with E-state index in [1.165, 1.54) is 12.8 Å². The first-order valence-corrected chi connectivity index (χ1v) is 11.3. The van der Waals surface area contributed by atoms with Crippen molar-refractivity contribution in [1.29, 1.82) is 0 Å². The summed E-state index contributed by atoms with van der Waals surface area (Å²) in [6, 6.07) is 7.60. The fourth-order valence-electron chi connectivity index (χ4n) is 3.84. The van der Waals surface area contributed by atoms with E-state index in [-0.39, 0.29) is 17.4 Å². The van der Waals surface area contributed by atoms with Crippen molar-refractivity contribution in [3.05, 3.63) is 42.0 Å². The van der Waals surface area contributed by atoms with Gasteiger partial charge in [0.25, 0.3) is 0 Å². The van der Waals surface area contributed by atoms with Crippen molar-refractivity contribution < 1.29 is 24.2 Å². The normalized spacial score (nSPS) is 18.5. The molecule has 1 aromatic carbocycles. The lowest BCUT2D eigenvalue weighted by atomic mass is 9.74. The Bertz CT molecular complexity index is 792. The van der Waals surface area contributed by atoms with Gasteiger partial charge < -0.3 is 20.1 Å².